The van der Waals surface area contributed by atoms with Gasteiger partial charge in [0.2, 0.25) is 0 Å². The van der Waals surface area contributed by atoms with Gasteiger partial charge in [0.1, 0.15) is 11.2 Å². The first kappa shape index (κ1) is 31.6. The van der Waals surface area contributed by atoms with Gasteiger partial charge >= 0.3 is 0 Å². The Hall–Kier alpha value is -6.94. The third kappa shape index (κ3) is 5.40. The van der Waals surface area contributed by atoms with Gasteiger partial charge in [-0.15, -0.1) is 11.3 Å². The highest BCUT2D eigenvalue weighted by molar-refractivity contribution is 7.25. The number of thiophene rings is 1. The average Bonchev–Trinajstić information content (AvgIpc) is 3.82. The second kappa shape index (κ2) is 12.9. The number of nitrogens with zero attached hydrogens (tertiary/aromatic N) is 1. The van der Waals surface area contributed by atoms with Crippen molar-refractivity contribution >= 4 is 81.3 Å². The van der Waals surface area contributed by atoms with Gasteiger partial charge in [0.25, 0.3) is 0 Å². The van der Waals surface area contributed by atoms with E-state index in [0.29, 0.717) is 0 Å². The number of rotatable bonds is 6. The standard InChI is InChI=1S/C52H33NOS/c1-2-15-41-35(11-1)12-10-19-42(41)37-14-9-13-36(31-37)34-23-26-39(27-24-34)53(40-28-29-45-44-17-4-7-21-49(44)54-50(45)33-40)48-20-6-3-16-43(48)38-25-30-52-47(32-38)46-18-5-8-22-51(46)55-52/h1-33H. The van der Waals surface area contributed by atoms with Crippen molar-refractivity contribution in [2.75, 3.05) is 4.90 Å². The molecular formula is C52H33NOS. The first-order valence-corrected chi connectivity index (χ1v) is 19.5. The highest BCUT2D eigenvalue weighted by atomic mass is 32.1. The highest BCUT2D eigenvalue weighted by Crippen LogP contribution is 2.45. The minimum atomic E-state index is 0.870. The van der Waals surface area contributed by atoms with Crippen molar-refractivity contribution < 1.29 is 4.42 Å². The molecule has 0 aliphatic carbocycles. The third-order valence-corrected chi connectivity index (χ3v) is 12.0. The van der Waals surface area contributed by atoms with E-state index in [4.69, 9.17) is 4.42 Å². The quantitative estimate of drug-likeness (QED) is 0.170. The predicted octanol–water partition coefficient (Wildman–Crippen LogP) is 15.6. The molecule has 0 aliphatic heterocycles. The van der Waals surface area contributed by atoms with Crippen molar-refractivity contribution in [1.29, 1.82) is 0 Å². The summed E-state index contributed by atoms with van der Waals surface area (Å²) in [6, 6.07) is 72.3. The van der Waals surface area contributed by atoms with E-state index in [1.807, 2.05) is 23.5 Å². The zero-order valence-electron chi connectivity index (χ0n) is 29.8. The van der Waals surface area contributed by atoms with Crippen molar-refractivity contribution in [1.82, 2.24) is 0 Å². The lowest BCUT2D eigenvalue weighted by atomic mass is 9.95. The topological polar surface area (TPSA) is 16.4 Å². The molecule has 0 fully saturated rings. The molecule has 0 aliphatic rings. The van der Waals surface area contributed by atoms with Crippen LogP contribution in [-0.4, -0.2) is 0 Å². The van der Waals surface area contributed by atoms with Gasteiger partial charge in [-0.1, -0.05) is 133 Å². The van der Waals surface area contributed by atoms with Crippen molar-refractivity contribution in [2.24, 2.45) is 0 Å². The maximum atomic E-state index is 6.44. The van der Waals surface area contributed by atoms with Crippen LogP contribution in [0.15, 0.2) is 205 Å². The molecule has 2 heterocycles. The molecule has 258 valence electrons. The van der Waals surface area contributed by atoms with Crippen LogP contribution in [0.3, 0.4) is 0 Å². The van der Waals surface area contributed by atoms with Crippen molar-refractivity contribution in [3.8, 4) is 33.4 Å². The van der Waals surface area contributed by atoms with Crippen molar-refractivity contribution in [3.05, 3.63) is 200 Å². The van der Waals surface area contributed by atoms with Crippen LogP contribution in [0.5, 0.6) is 0 Å². The molecule has 0 spiro atoms. The second-order valence-corrected chi connectivity index (χ2v) is 15.2. The molecule has 0 N–H and O–H groups in total. The van der Waals surface area contributed by atoms with E-state index in [2.05, 4.69) is 193 Å². The molecule has 3 heteroatoms. The second-order valence-electron chi connectivity index (χ2n) is 14.1. The summed E-state index contributed by atoms with van der Waals surface area (Å²) < 4.78 is 9.05. The molecule has 0 saturated heterocycles. The molecular weight excluding hydrogens is 687 g/mol. The lowest BCUT2D eigenvalue weighted by Crippen LogP contribution is -2.11. The number of benzene rings is 9. The van der Waals surface area contributed by atoms with Crippen LogP contribution in [0.4, 0.5) is 17.1 Å². The number of hydrogen-bond acceptors (Lipinski definition) is 3. The summed E-state index contributed by atoms with van der Waals surface area (Å²) in [5.74, 6) is 0. The molecule has 0 bridgehead atoms. The van der Waals surface area contributed by atoms with Gasteiger partial charge in [0, 0.05) is 53.9 Å². The monoisotopic (exact) mass is 719 g/mol. The fourth-order valence-electron chi connectivity index (χ4n) is 8.23. The summed E-state index contributed by atoms with van der Waals surface area (Å²) in [6.45, 7) is 0. The largest absolute Gasteiger partial charge is 0.456 e. The first-order valence-electron chi connectivity index (χ1n) is 18.7. The zero-order chi connectivity index (χ0) is 36.3. The first-order chi connectivity index (χ1) is 27.2. The maximum Gasteiger partial charge on any atom is 0.137 e. The van der Waals surface area contributed by atoms with Crippen LogP contribution in [0, 0.1) is 0 Å². The Balaban J connectivity index is 1.05. The molecule has 11 aromatic rings. The third-order valence-electron chi connectivity index (χ3n) is 10.9. The zero-order valence-corrected chi connectivity index (χ0v) is 30.6. The summed E-state index contributed by atoms with van der Waals surface area (Å²) in [6.07, 6.45) is 0. The molecule has 0 unspecified atom stereocenters. The fourth-order valence-corrected chi connectivity index (χ4v) is 9.32. The number of hydrogen-bond donors (Lipinski definition) is 0. The summed E-state index contributed by atoms with van der Waals surface area (Å²) in [4.78, 5) is 2.37. The number of fused-ring (bicyclic) bond motifs is 7. The van der Waals surface area contributed by atoms with Crippen LogP contribution in [0.1, 0.15) is 0 Å². The Morgan fingerprint density at radius 1 is 0.345 bits per heavy atom. The van der Waals surface area contributed by atoms with Gasteiger partial charge < -0.3 is 9.32 Å². The van der Waals surface area contributed by atoms with Crippen LogP contribution >= 0.6 is 11.3 Å². The SMILES string of the molecule is c1cc(-c2ccc(N(c3ccc4c(c3)oc3ccccc34)c3ccccc3-c3ccc4sc5ccccc5c4c3)cc2)cc(-c2cccc3ccccc23)c1. The van der Waals surface area contributed by atoms with Crippen LogP contribution in [0.2, 0.25) is 0 Å². The van der Waals surface area contributed by atoms with Crippen molar-refractivity contribution in [2.45, 2.75) is 0 Å². The fraction of sp³-hybridized carbons (Fsp3) is 0. The number of anilines is 3. The molecule has 2 nitrogen and oxygen atoms in total. The van der Waals surface area contributed by atoms with Crippen LogP contribution in [0.25, 0.3) is 86.3 Å². The number of para-hydroxylation sites is 2. The Morgan fingerprint density at radius 3 is 1.91 bits per heavy atom. The van der Waals surface area contributed by atoms with Crippen molar-refractivity contribution in [3.63, 3.8) is 0 Å². The van der Waals surface area contributed by atoms with Gasteiger partial charge in [-0.25, -0.2) is 0 Å². The Kier molecular flexibility index (Phi) is 7.39. The lowest BCUT2D eigenvalue weighted by Gasteiger charge is -2.28. The minimum absolute atomic E-state index is 0.870. The summed E-state index contributed by atoms with van der Waals surface area (Å²) >= 11 is 1.85. The molecule has 2 aromatic heterocycles. The normalized spacial score (nSPS) is 11.6. The van der Waals surface area contributed by atoms with E-state index in [0.717, 1.165) is 44.6 Å². The molecule has 0 amide bonds. The van der Waals surface area contributed by atoms with E-state index in [1.54, 1.807) is 0 Å². The van der Waals surface area contributed by atoms with Gasteiger partial charge in [-0.2, -0.15) is 0 Å². The van der Waals surface area contributed by atoms with Gasteiger partial charge in [0.05, 0.1) is 5.69 Å². The van der Waals surface area contributed by atoms with Gasteiger partial charge in [-0.3, -0.25) is 0 Å². The number of furan rings is 1. The molecule has 0 saturated carbocycles. The summed E-state index contributed by atoms with van der Waals surface area (Å²) in [5.41, 5.74) is 12.1. The Labute approximate surface area is 322 Å². The average molecular weight is 720 g/mol. The summed E-state index contributed by atoms with van der Waals surface area (Å²) in [7, 11) is 0. The highest BCUT2D eigenvalue weighted by Gasteiger charge is 2.20. The van der Waals surface area contributed by atoms with E-state index in [1.165, 1.54) is 58.8 Å². The van der Waals surface area contributed by atoms with Crippen LogP contribution in [-0.2, 0) is 0 Å². The molecule has 0 radical (unpaired) electrons. The smallest absolute Gasteiger partial charge is 0.137 e. The van der Waals surface area contributed by atoms with Crippen LogP contribution < -0.4 is 4.90 Å². The summed E-state index contributed by atoms with van der Waals surface area (Å²) in [5, 5.41) is 7.35. The molecule has 55 heavy (non-hydrogen) atoms. The minimum Gasteiger partial charge on any atom is -0.456 e. The van der Waals surface area contributed by atoms with Gasteiger partial charge in [0.15, 0.2) is 0 Å². The van der Waals surface area contributed by atoms with E-state index in [9.17, 15) is 0 Å². The van der Waals surface area contributed by atoms with E-state index in [-0.39, 0.29) is 0 Å². The Morgan fingerprint density at radius 2 is 0.982 bits per heavy atom. The Bertz CT molecular complexity index is 3220. The maximum absolute atomic E-state index is 6.44. The molecule has 0 atom stereocenters. The molecule has 11 rings (SSSR count). The van der Waals surface area contributed by atoms with E-state index >= 15 is 0 Å². The lowest BCUT2D eigenvalue weighted by molar-refractivity contribution is 0.669. The van der Waals surface area contributed by atoms with E-state index < -0.39 is 0 Å². The molecule has 9 aromatic carbocycles. The predicted molar refractivity (Wildman–Crippen MR) is 235 cm³/mol. The van der Waals surface area contributed by atoms with Gasteiger partial charge in [-0.05, 0) is 99.3 Å².